The van der Waals surface area contributed by atoms with Crippen LogP contribution in [0.25, 0.3) is 0 Å². The van der Waals surface area contributed by atoms with Gasteiger partial charge in [-0.25, -0.2) is 0 Å². The van der Waals surface area contributed by atoms with E-state index in [0.717, 1.165) is 49.0 Å². The van der Waals surface area contributed by atoms with Crippen LogP contribution in [0.4, 0.5) is 5.69 Å². The highest BCUT2D eigenvalue weighted by molar-refractivity contribution is 5.77. The Balaban J connectivity index is 1.31. The fourth-order valence-electron chi connectivity index (χ4n) is 3.88. The molecule has 6 nitrogen and oxygen atoms in total. The third-order valence-corrected chi connectivity index (χ3v) is 5.69. The number of amides is 1. The Kier molecular flexibility index (Phi) is 5.79. The van der Waals surface area contributed by atoms with Gasteiger partial charge in [-0.1, -0.05) is 13.0 Å². The lowest BCUT2D eigenvalue weighted by Gasteiger charge is -2.36. The first-order valence-electron chi connectivity index (χ1n) is 10.2. The van der Waals surface area contributed by atoms with Crippen molar-refractivity contribution in [3.63, 3.8) is 0 Å². The van der Waals surface area contributed by atoms with Crippen LogP contribution < -0.4 is 19.1 Å². The highest BCUT2D eigenvalue weighted by Crippen LogP contribution is 2.34. The molecule has 154 valence electrons. The van der Waals surface area contributed by atoms with Crippen LogP contribution in [0.5, 0.6) is 17.2 Å². The van der Waals surface area contributed by atoms with Gasteiger partial charge in [0.25, 0.3) is 0 Å². The van der Waals surface area contributed by atoms with Crippen molar-refractivity contribution in [3.05, 3.63) is 48.0 Å². The van der Waals surface area contributed by atoms with Crippen molar-refractivity contribution in [2.24, 2.45) is 0 Å². The van der Waals surface area contributed by atoms with Gasteiger partial charge in [0, 0.05) is 38.3 Å². The Labute approximate surface area is 172 Å². The smallest absolute Gasteiger partial charge is 0.223 e. The maximum Gasteiger partial charge on any atom is 0.223 e. The zero-order chi connectivity index (χ0) is 20.2. The molecule has 1 fully saturated rings. The SMILES string of the molecule is COc1ccc(N2CCN(C(=O)CC(C)c3ccc4c(c3)OCCO4)CC2)cc1. The Morgan fingerprint density at radius 3 is 2.38 bits per heavy atom. The summed E-state index contributed by atoms with van der Waals surface area (Å²) in [6.07, 6.45) is 0.502. The highest BCUT2D eigenvalue weighted by atomic mass is 16.6. The second kappa shape index (κ2) is 8.64. The van der Waals surface area contributed by atoms with Gasteiger partial charge in [0.05, 0.1) is 7.11 Å². The van der Waals surface area contributed by atoms with Crippen LogP contribution in [0.15, 0.2) is 42.5 Å². The molecular formula is C23H28N2O4. The molecule has 1 amide bonds. The van der Waals surface area contributed by atoms with E-state index in [0.29, 0.717) is 19.6 Å². The zero-order valence-corrected chi connectivity index (χ0v) is 17.1. The second-order valence-electron chi connectivity index (χ2n) is 7.57. The molecule has 0 bridgehead atoms. The highest BCUT2D eigenvalue weighted by Gasteiger charge is 2.24. The average molecular weight is 396 g/mol. The van der Waals surface area contributed by atoms with Crippen molar-refractivity contribution < 1.29 is 19.0 Å². The van der Waals surface area contributed by atoms with Gasteiger partial charge >= 0.3 is 0 Å². The molecule has 6 heteroatoms. The molecule has 1 unspecified atom stereocenters. The summed E-state index contributed by atoms with van der Waals surface area (Å²) >= 11 is 0. The average Bonchev–Trinajstić information content (AvgIpc) is 2.79. The minimum atomic E-state index is 0.137. The summed E-state index contributed by atoms with van der Waals surface area (Å²) in [6, 6.07) is 14.1. The van der Waals surface area contributed by atoms with Crippen molar-refractivity contribution in [1.29, 1.82) is 0 Å². The number of nitrogens with zero attached hydrogens (tertiary/aromatic N) is 2. The first kappa shape index (κ1) is 19.4. The summed E-state index contributed by atoms with van der Waals surface area (Å²) in [7, 11) is 1.67. The molecule has 1 saturated heterocycles. The Morgan fingerprint density at radius 1 is 1.00 bits per heavy atom. The summed E-state index contributed by atoms with van der Waals surface area (Å²) in [5.41, 5.74) is 2.28. The van der Waals surface area contributed by atoms with Gasteiger partial charge in [-0.05, 0) is 47.9 Å². The van der Waals surface area contributed by atoms with E-state index in [4.69, 9.17) is 14.2 Å². The summed E-state index contributed by atoms with van der Waals surface area (Å²) < 4.78 is 16.5. The van der Waals surface area contributed by atoms with Crippen molar-refractivity contribution in [3.8, 4) is 17.2 Å². The van der Waals surface area contributed by atoms with Crippen LogP contribution in [0.3, 0.4) is 0 Å². The fourth-order valence-corrected chi connectivity index (χ4v) is 3.88. The lowest BCUT2D eigenvalue weighted by Crippen LogP contribution is -2.49. The molecule has 0 N–H and O–H groups in total. The van der Waals surface area contributed by atoms with Crippen LogP contribution in [0, 0.1) is 0 Å². The number of methoxy groups -OCH3 is 1. The Morgan fingerprint density at radius 2 is 1.69 bits per heavy atom. The number of benzene rings is 2. The monoisotopic (exact) mass is 396 g/mol. The quantitative estimate of drug-likeness (QED) is 0.776. The van der Waals surface area contributed by atoms with Gasteiger partial charge in [-0.2, -0.15) is 0 Å². The van der Waals surface area contributed by atoms with Crippen molar-refractivity contribution >= 4 is 11.6 Å². The number of rotatable bonds is 5. The van der Waals surface area contributed by atoms with E-state index < -0.39 is 0 Å². The summed E-state index contributed by atoms with van der Waals surface area (Å²) in [6.45, 7) is 6.44. The lowest BCUT2D eigenvalue weighted by molar-refractivity contribution is -0.131. The van der Waals surface area contributed by atoms with Crippen LogP contribution in [0.2, 0.25) is 0 Å². The first-order chi connectivity index (χ1) is 14.1. The van der Waals surface area contributed by atoms with Crippen LogP contribution >= 0.6 is 0 Å². The Hall–Kier alpha value is -2.89. The molecule has 29 heavy (non-hydrogen) atoms. The van der Waals surface area contributed by atoms with Crippen molar-refractivity contribution in [2.75, 3.05) is 51.4 Å². The Bertz CT molecular complexity index is 844. The number of anilines is 1. The normalized spacial score (nSPS) is 17.0. The van der Waals surface area contributed by atoms with Crippen LogP contribution in [0.1, 0.15) is 24.8 Å². The molecule has 2 aliphatic rings. The lowest BCUT2D eigenvalue weighted by atomic mass is 9.96. The van der Waals surface area contributed by atoms with Crippen molar-refractivity contribution in [1.82, 2.24) is 4.90 Å². The number of carbonyl (C=O) groups excluding carboxylic acids is 1. The van der Waals surface area contributed by atoms with Gasteiger partial charge in [0.15, 0.2) is 11.5 Å². The minimum Gasteiger partial charge on any atom is -0.497 e. The van der Waals surface area contributed by atoms with E-state index in [-0.39, 0.29) is 11.8 Å². The summed E-state index contributed by atoms with van der Waals surface area (Å²) in [5.74, 6) is 2.77. The fraction of sp³-hybridized carbons (Fsp3) is 0.435. The van der Waals surface area contributed by atoms with E-state index >= 15 is 0 Å². The van der Waals surface area contributed by atoms with Gasteiger partial charge in [0.1, 0.15) is 19.0 Å². The number of carbonyl (C=O) groups is 1. The van der Waals surface area contributed by atoms with Crippen LogP contribution in [-0.2, 0) is 4.79 Å². The second-order valence-corrected chi connectivity index (χ2v) is 7.57. The van der Waals surface area contributed by atoms with Gasteiger partial charge < -0.3 is 24.0 Å². The van der Waals surface area contributed by atoms with E-state index in [1.54, 1.807) is 7.11 Å². The summed E-state index contributed by atoms with van der Waals surface area (Å²) in [4.78, 5) is 17.1. The third-order valence-electron chi connectivity index (χ3n) is 5.69. The molecule has 2 aromatic carbocycles. The molecule has 0 aromatic heterocycles. The summed E-state index contributed by atoms with van der Waals surface area (Å²) in [5, 5.41) is 0. The molecule has 0 aliphatic carbocycles. The van der Waals surface area contributed by atoms with Crippen LogP contribution in [-0.4, -0.2) is 57.3 Å². The minimum absolute atomic E-state index is 0.137. The first-order valence-corrected chi connectivity index (χ1v) is 10.2. The molecule has 2 aromatic rings. The predicted molar refractivity (Wildman–Crippen MR) is 112 cm³/mol. The molecular weight excluding hydrogens is 368 g/mol. The largest absolute Gasteiger partial charge is 0.497 e. The molecule has 2 heterocycles. The van der Waals surface area contributed by atoms with E-state index in [2.05, 4.69) is 24.0 Å². The number of hydrogen-bond acceptors (Lipinski definition) is 5. The number of hydrogen-bond donors (Lipinski definition) is 0. The topological polar surface area (TPSA) is 51.2 Å². The molecule has 0 spiro atoms. The van der Waals surface area contributed by atoms with E-state index in [1.807, 2.05) is 35.2 Å². The third kappa shape index (κ3) is 4.42. The van der Waals surface area contributed by atoms with Gasteiger partial charge in [-0.15, -0.1) is 0 Å². The molecule has 0 radical (unpaired) electrons. The van der Waals surface area contributed by atoms with Crippen molar-refractivity contribution in [2.45, 2.75) is 19.3 Å². The molecule has 4 rings (SSSR count). The number of fused-ring (bicyclic) bond motifs is 1. The zero-order valence-electron chi connectivity index (χ0n) is 17.1. The van der Waals surface area contributed by atoms with E-state index in [1.165, 1.54) is 5.69 Å². The number of piperazine rings is 1. The standard InChI is InChI=1S/C23H28N2O4/c1-17(18-3-8-21-22(16-18)29-14-13-28-21)15-23(26)25-11-9-24(10-12-25)19-4-6-20(27-2)7-5-19/h3-8,16-17H,9-15H2,1-2H3. The molecule has 0 saturated carbocycles. The van der Waals surface area contributed by atoms with E-state index in [9.17, 15) is 4.79 Å². The maximum absolute atomic E-state index is 12.8. The predicted octanol–water partition coefficient (Wildman–Crippen LogP) is 3.31. The van der Waals surface area contributed by atoms with Gasteiger partial charge in [0.2, 0.25) is 5.91 Å². The maximum atomic E-state index is 12.8. The molecule has 2 aliphatic heterocycles. The molecule has 1 atom stereocenters. The van der Waals surface area contributed by atoms with Gasteiger partial charge in [-0.3, -0.25) is 4.79 Å². The number of ether oxygens (including phenoxy) is 3.